The number of nitrogens with one attached hydrogen (secondary N) is 2. The smallest absolute Gasteiger partial charge is 0.289 e. The molecule has 164 valence electrons. The Morgan fingerprint density at radius 3 is 2.85 bits per heavy atom. The molecule has 33 heavy (non-hydrogen) atoms. The third-order valence-corrected chi connectivity index (χ3v) is 5.79. The summed E-state index contributed by atoms with van der Waals surface area (Å²) in [6.45, 7) is -0.0228. The molecule has 2 aromatic carbocycles. The van der Waals surface area contributed by atoms with Crippen molar-refractivity contribution in [2.24, 2.45) is 0 Å². The number of carbonyl (C=O) groups excluding carboxylic acids is 1. The van der Waals surface area contributed by atoms with Crippen LogP contribution in [0.1, 0.15) is 27.4 Å². The number of halogens is 3. The van der Waals surface area contributed by atoms with Gasteiger partial charge in [0.1, 0.15) is 5.82 Å². The lowest BCUT2D eigenvalue weighted by Gasteiger charge is -2.08. The van der Waals surface area contributed by atoms with E-state index in [1.54, 1.807) is 30.6 Å². The second-order valence-electron chi connectivity index (χ2n) is 7.54. The number of hydrogen-bond acceptors (Lipinski definition) is 4. The second-order valence-corrected chi connectivity index (χ2v) is 8.38. The van der Waals surface area contributed by atoms with Gasteiger partial charge in [0.05, 0.1) is 10.5 Å². The number of pyridine rings is 1. The van der Waals surface area contributed by atoms with Gasteiger partial charge in [0.15, 0.2) is 0 Å². The topological polar surface area (TPSA) is 83.6 Å². The van der Waals surface area contributed by atoms with Crippen LogP contribution in [0.2, 0.25) is 10.0 Å². The number of rotatable bonds is 5. The SMILES string of the molecule is O=C(NCc1cc2c(Cl)c[nH]c2cc1F)c1nccc(Cc2cnc3ccc(Cl)cc3c2)n1. The van der Waals surface area contributed by atoms with E-state index in [4.69, 9.17) is 23.2 Å². The summed E-state index contributed by atoms with van der Waals surface area (Å²) in [6, 6.07) is 12.2. The number of aromatic amines is 1. The zero-order chi connectivity index (χ0) is 22.9. The van der Waals surface area contributed by atoms with Gasteiger partial charge in [-0.25, -0.2) is 14.4 Å². The highest BCUT2D eigenvalue weighted by Gasteiger charge is 2.13. The van der Waals surface area contributed by atoms with Gasteiger partial charge < -0.3 is 10.3 Å². The van der Waals surface area contributed by atoms with Crippen molar-refractivity contribution < 1.29 is 9.18 Å². The van der Waals surface area contributed by atoms with Crippen molar-refractivity contribution >= 4 is 50.9 Å². The van der Waals surface area contributed by atoms with Gasteiger partial charge in [-0.2, -0.15) is 0 Å². The molecule has 0 fully saturated rings. The summed E-state index contributed by atoms with van der Waals surface area (Å²) < 4.78 is 14.4. The molecule has 6 nitrogen and oxygen atoms in total. The Hall–Kier alpha value is -3.55. The largest absolute Gasteiger partial charge is 0.360 e. The number of fused-ring (bicyclic) bond motifs is 2. The molecule has 5 aromatic rings. The van der Waals surface area contributed by atoms with Gasteiger partial charge in [-0.1, -0.05) is 23.2 Å². The molecule has 3 aromatic heterocycles. The first-order valence-electron chi connectivity index (χ1n) is 10.1. The van der Waals surface area contributed by atoms with Crippen molar-refractivity contribution in [2.45, 2.75) is 13.0 Å². The first-order chi connectivity index (χ1) is 16.0. The molecular formula is C24H16Cl2FN5O. The van der Waals surface area contributed by atoms with Gasteiger partial charge in [0.2, 0.25) is 5.82 Å². The molecule has 0 unspecified atom stereocenters. The summed E-state index contributed by atoms with van der Waals surface area (Å²) in [5.74, 6) is -0.940. The van der Waals surface area contributed by atoms with Crippen molar-refractivity contribution in [3.63, 3.8) is 0 Å². The number of aromatic nitrogens is 4. The van der Waals surface area contributed by atoms with Gasteiger partial charge in [0, 0.05) is 64.1 Å². The fraction of sp³-hybridized carbons (Fsp3) is 0.0833. The highest BCUT2D eigenvalue weighted by atomic mass is 35.5. The van der Waals surface area contributed by atoms with Crippen LogP contribution in [0.5, 0.6) is 0 Å². The van der Waals surface area contributed by atoms with Crippen molar-refractivity contribution in [3.05, 3.63) is 99.6 Å². The van der Waals surface area contributed by atoms with Crippen LogP contribution in [0.15, 0.2) is 61.1 Å². The number of hydrogen-bond donors (Lipinski definition) is 2. The lowest BCUT2D eigenvalue weighted by molar-refractivity contribution is 0.0940. The van der Waals surface area contributed by atoms with Gasteiger partial charge in [-0.15, -0.1) is 0 Å². The fourth-order valence-electron chi connectivity index (χ4n) is 3.60. The Morgan fingerprint density at radius 2 is 1.97 bits per heavy atom. The number of H-pyrrole nitrogens is 1. The molecule has 0 aliphatic heterocycles. The lowest BCUT2D eigenvalue weighted by Crippen LogP contribution is -2.25. The molecule has 3 heterocycles. The van der Waals surface area contributed by atoms with Crippen molar-refractivity contribution in [2.75, 3.05) is 0 Å². The molecule has 0 saturated carbocycles. The number of benzene rings is 2. The second kappa shape index (κ2) is 8.77. The number of nitrogens with zero attached hydrogens (tertiary/aromatic N) is 3. The average molecular weight is 480 g/mol. The van der Waals surface area contributed by atoms with Crippen LogP contribution in [0.25, 0.3) is 21.8 Å². The first kappa shape index (κ1) is 21.3. The van der Waals surface area contributed by atoms with E-state index in [0.29, 0.717) is 38.6 Å². The monoisotopic (exact) mass is 479 g/mol. The molecular weight excluding hydrogens is 464 g/mol. The minimum Gasteiger partial charge on any atom is -0.360 e. The molecule has 0 saturated heterocycles. The van der Waals surface area contributed by atoms with Crippen LogP contribution in [0, 0.1) is 5.82 Å². The van der Waals surface area contributed by atoms with E-state index in [9.17, 15) is 9.18 Å². The highest BCUT2D eigenvalue weighted by molar-refractivity contribution is 6.35. The van der Waals surface area contributed by atoms with Crippen LogP contribution in [-0.2, 0) is 13.0 Å². The zero-order valence-electron chi connectivity index (χ0n) is 17.1. The molecule has 5 rings (SSSR count). The molecule has 1 amide bonds. The maximum Gasteiger partial charge on any atom is 0.289 e. The van der Waals surface area contributed by atoms with Crippen LogP contribution in [0.4, 0.5) is 4.39 Å². The quantitative estimate of drug-likeness (QED) is 0.349. The maximum atomic E-state index is 14.4. The zero-order valence-corrected chi connectivity index (χ0v) is 18.6. The third kappa shape index (κ3) is 4.51. The van der Waals surface area contributed by atoms with Gasteiger partial charge in [-0.3, -0.25) is 9.78 Å². The van der Waals surface area contributed by atoms with E-state index in [2.05, 4.69) is 25.3 Å². The summed E-state index contributed by atoms with van der Waals surface area (Å²) >= 11 is 12.2. The average Bonchev–Trinajstić information content (AvgIpc) is 3.16. The van der Waals surface area contributed by atoms with Crippen LogP contribution in [-0.4, -0.2) is 25.8 Å². The lowest BCUT2D eigenvalue weighted by atomic mass is 10.1. The summed E-state index contributed by atoms with van der Waals surface area (Å²) in [5, 5.41) is 5.40. The van der Waals surface area contributed by atoms with E-state index < -0.39 is 11.7 Å². The van der Waals surface area contributed by atoms with E-state index in [1.807, 2.05) is 18.2 Å². The Morgan fingerprint density at radius 1 is 1.09 bits per heavy atom. The molecule has 0 aliphatic rings. The third-order valence-electron chi connectivity index (χ3n) is 5.24. The predicted molar refractivity (Wildman–Crippen MR) is 126 cm³/mol. The minimum atomic E-state index is -0.500. The summed E-state index contributed by atoms with van der Waals surface area (Å²) in [4.78, 5) is 28.4. The van der Waals surface area contributed by atoms with Gasteiger partial charge in [0.25, 0.3) is 5.91 Å². The number of amides is 1. The van der Waals surface area contributed by atoms with Crippen molar-refractivity contribution in [1.29, 1.82) is 0 Å². The Kier molecular flexibility index (Phi) is 5.66. The van der Waals surface area contributed by atoms with E-state index in [-0.39, 0.29) is 12.4 Å². The summed E-state index contributed by atoms with van der Waals surface area (Å²) in [7, 11) is 0. The van der Waals surface area contributed by atoms with Crippen molar-refractivity contribution in [3.8, 4) is 0 Å². The molecule has 9 heteroatoms. The normalized spacial score (nSPS) is 11.2. The standard InChI is InChI=1S/C24H16Cl2FN5O/c25-16-1-2-21-14(7-16)5-13(10-29-21)6-17-3-4-28-23(32-17)24(33)31-11-15-8-18-19(26)12-30-22(18)9-20(15)27/h1-5,7-10,12,30H,6,11H2,(H,31,33). The minimum absolute atomic E-state index is 0.00505. The first-order valence-corrected chi connectivity index (χ1v) is 10.8. The Bertz CT molecular complexity index is 1520. The molecule has 0 bridgehead atoms. The summed E-state index contributed by atoms with van der Waals surface area (Å²) in [5.41, 5.74) is 3.33. The fourth-order valence-corrected chi connectivity index (χ4v) is 3.99. The van der Waals surface area contributed by atoms with Gasteiger partial charge >= 0.3 is 0 Å². The molecule has 0 atom stereocenters. The number of carbonyl (C=O) groups is 1. The van der Waals surface area contributed by atoms with Crippen LogP contribution in [0.3, 0.4) is 0 Å². The Balaban J connectivity index is 1.31. The molecule has 0 spiro atoms. The van der Waals surface area contributed by atoms with Crippen LogP contribution >= 0.6 is 23.2 Å². The summed E-state index contributed by atoms with van der Waals surface area (Å²) in [6.07, 6.45) is 5.35. The molecule has 0 radical (unpaired) electrons. The molecule has 0 aliphatic carbocycles. The van der Waals surface area contributed by atoms with Crippen molar-refractivity contribution in [1.82, 2.24) is 25.3 Å². The Labute approximate surface area is 197 Å². The van der Waals surface area contributed by atoms with Crippen LogP contribution < -0.4 is 5.32 Å². The molecule has 2 N–H and O–H groups in total. The highest BCUT2D eigenvalue weighted by Crippen LogP contribution is 2.26. The van der Waals surface area contributed by atoms with Gasteiger partial charge in [-0.05, 0) is 48.0 Å². The predicted octanol–water partition coefficient (Wildman–Crippen LogP) is 5.47. The van der Waals surface area contributed by atoms with E-state index >= 15 is 0 Å². The van der Waals surface area contributed by atoms with E-state index in [0.717, 1.165) is 16.5 Å². The van der Waals surface area contributed by atoms with E-state index in [1.165, 1.54) is 12.3 Å². The maximum absolute atomic E-state index is 14.4.